The molecule has 1 unspecified atom stereocenters. The summed E-state index contributed by atoms with van der Waals surface area (Å²) >= 11 is 0. The van der Waals surface area contributed by atoms with Crippen LogP contribution in [0.1, 0.15) is 49.7 Å². The molecule has 4 rings (SSSR count). The Morgan fingerprint density at radius 2 is 1.72 bits per heavy atom. The zero-order valence-electron chi connectivity index (χ0n) is 15.0. The Kier molecular flexibility index (Phi) is 4.59. The Balaban J connectivity index is 1.34. The van der Waals surface area contributed by atoms with Crippen LogP contribution in [0.15, 0.2) is 48.5 Å². The van der Waals surface area contributed by atoms with Crippen LogP contribution in [0, 0.1) is 17.2 Å². The summed E-state index contributed by atoms with van der Waals surface area (Å²) in [4.78, 5) is 2.67. The van der Waals surface area contributed by atoms with Crippen molar-refractivity contribution in [3.05, 3.63) is 59.7 Å². The Bertz CT molecular complexity index is 754. The number of nitriles is 1. The number of benzene rings is 2. The third-order valence-corrected chi connectivity index (χ3v) is 6.09. The van der Waals surface area contributed by atoms with Crippen LogP contribution in [0.25, 0.3) is 11.1 Å². The first-order valence-electron chi connectivity index (χ1n) is 9.59. The van der Waals surface area contributed by atoms with Crippen molar-refractivity contribution < 1.29 is 0 Å². The summed E-state index contributed by atoms with van der Waals surface area (Å²) in [6.07, 6.45) is 5.47. The molecule has 1 saturated carbocycles. The molecule has 0 radical (unpaired) electrons. The summed E-state index contributed by atoms with van der Waals surface area (Å²) in [5.41, 5.74) is 4.63. The molecule has 2 fully saturated rings. The van der Waals surface area contributed by atoms with Gasteiger partial charge in [0.05, 0.1) is 11.6 Å². The molecule has 1 aliphatic heterocycles. The maximum atomic E-state index is 8.90. The van der Waals surface area contributed by atoms with E-state index in [-0.39, 0.29) is 0 Å². The molecule has 128 valence electrons. The van der Waals surface area contributed by atoms with Crippen molar-refractivity contribution in [3.8, 4) is 17.2 Å². The maximum absolute atomic E-state index is 8.90. The minimum absolute atomic E-state index is 0.716. The van der Waals surface area contributed by atoms with Crippen molar-refractivity contribution in [1.29, 1.82) is 5.26 Å². The normalized spacial score (nSPS) is 25.7. The average molecular weight is 330 g/mol. The van der Waals surface area contributed by atoms with Crippen LogP contribution in [0.3, 0.4) is 0 Å². The lowest BCUT2D eigenvalue weighted by Gasteiger charge is -2.20. The van der Waals surface area contributed by atoms with Crippen molar-refractivity contribution in [2.75, 3.05) is 13.1 Å². The zero-order valence-corrected chi connectivity index (χ0v) is 15.0. The first-order valence-corrected chi connectivity index (χ1v) is 9.59. The molecule has 0 amide bonds. The molecule has 1 saturated heterocycles. The predicted molar refractivity (Wildman–Crippen MR) is 102 cm³/mol. The van der Waals surface area contributed by atoms with Gasteiger partial charge in [-0.05, 0) is 86.4 Å². The fourth-order valence-electron chi connectivity index (χ4n) is 4.29. The lowest BCUT2D eigenvalue weighted by atomic mass is 10.0. The van der Waals surface area contributed by atoms with E-state index in [0.717, 1.165) is 17.9 Å². The fraction of sp³-hybridized carbons (Fsp3) is 0.435. The third-order valence-electron chi connectivity index (χ3n) is 6.09. The Labute approximate surface area is 151 Å². The van der Waals surface area contributed by atoms with Gasteiger partial charge in [-0.3, -0.25) is 0 Å². The summed E-state index contributed by atoms with van der Waals surface area (Å²) in [6.45, 7) is 4.96. The van der Waals surface area contributed by atoms with Gasteiger partial charge in [0, 0.05) is 6.04 Å². The molecule has 3 atom stereocenters. The first-order chi connectivity index (χ1) is 12.2. The standard InChI is InChI=1S/C23H26N2/c1-17-3-2-13-25(17)14-12-22-15-23(22)21-10-8-20(9-11-21)19-6-4-18(16-24)5-7-19/h4-11,17,22-23H,2-3,12-15H2,1H3/t17-,22?,23-/m0/s1. The molecule has 0 bridgehead atoms. The second-order valence-electron chi connectivity index (χ2n) is 7.73. The van der Waals surface area contributed by atoms with Gasteiger partial charge < -0.3 is 4.90 Å². The fourth-order valence-corrected chi connectivity index (χ4v) is 4.29. The molecule has 2 heteroatoms. The number of hydrogen-bond donors (Lipinski definition) is 0. The summed E-state index contributed by atoms with van der Waals surface area (Å²) < 4.78 is 0. The van der Waals surface area contributed by atoms with Crippen LogP contribution in [0.4, 0.5) is 0 Å². The highest BCUT2D eigenvalue weighted by Gasteiger charge is 2.38. The van der Waals surface area contributed by atoms with Crippen molar-refractivity contribution >= 4 is 0 Å². The highest BCUT2D eigenvalue weighted by atomic mass is 15.2. The third kappa shape index (κ3) is 3.62. The van der Waals surface area contributed by atoms with Gasteiger partial charge in [-0.2, -0.15) is 5.26 Å². The van der Waals surface area contributed by atoms with E-state index in [2.05, 4.69) is 42.2 Å². The molecule has 1 heterocycles. The monoisotopic (exact) mass is 330 g/mol. The largest absolute Gasteiger partial charge is 0.301 e. The zero-order chi connectivity index (χ0) is 17.2. The van der Waals surface area contributed by atoms with E-state index < -0.39 is 0 Å². The molecule has 25 heavy (non-hydrogen) atoms. The van der Waals surface area contributed by atoms with Crippen molar-refractivity contribution in [2.24, 2.45) is 5.92 Å². The molecule has 2 aliphatic rings. The highest BCUT2D eigenvalue weighted by Crippen LogP contribution is 2.50. The van der Waals surface area contributed by atoms with E-state index in [9.17, 15) is 0 Å². The highest BCUT2D eigenvalue weighted by molar-refractivity contribution is 5.64. The van der Waals surface area contributed by atoms with Crippen LogP contribution < -0.4 is 0 Å². The van der Waals surface area contributed by atoms with Crippen LogP contribution in [-0.4, -0.2) is 24.0 Å². The number of nitrogens with zero attached hydrogens (tertiary/aromatic N) is 2. The molecular formula is C23H26N2. The molecule has 2 aromatic carbocycles. The smallest absolute Gasteiger partial charge is 0.0991 e. The van der Waals surface area contributed by atoms with Gasteiger partial charge in [0.15, 0.2) is 0 Å². The van der Waals surface area contributed by atoms with Crippen molar-refractivity contribution in [3.63, 3.8) is 0 Å². The second-order valence-corrected chi connectivity index (χ2v) is 7.73. The average Bonchev–Trinajstić information content (AvgIpc) is 3.33. The quantitative estimate of drug-likeness (QED) is 0.753. The first kappa shape index (κ1) is 16.4. The maximum Gasteiger partial charge on any atom is 0.0991 e. The van der Waals surface area contributed by atoms with E-state index in [4.69, 9.17) is 5.26 Å². The molecular weight excluding hydrogens is 304 g/mol. The van der Waals surface area contributed by atoms with E-state index in [1.165, 1.54) is 55.5 Å². The number of likely N-dealkylation sites (tertiary alicyclic amines) is 1. The van der Waals surface area contributed by atoms with Crippen molar-refractivity contribution in [2.45, 2.75) is 44.6 Å². The molecule has 1 aliphatic carbocycles. The van der Waals surface area contributed by atoms with Gasteiger partial charge in [0.25, 0.3) is 0 Å². The Morgan fingerprint density at radius 1 is 1.04 bits per heavy atom. The summed E-state index contributed by atoms with van der Waals surface area (Å²) in [5.74, 6) is 1.65. The van der Waals surface area contributed by atoms with Crippen LogP contribution in [0.5, 0.6) is 0 Å². The van der Waals surface area contributed by atoms with Crippen molar-refractivity contribution in [1.82, 2.24) is 4.90 Å². The van der Waals surface area contributed by atoms with E-state index in [1.54, 1.807) is 0 Å². The number of hydrogen-bond acceptors (Lipinski definition) is 2. The van der Waals surface area contributed by atoms with Crippen LogP contribution >= 0.6 is 0 Å². The van der Waals surface area contributed by atoms with E-state index in [1.807, 2.05) is 24.3 Å². The molecule has 2 aromatic rings. The molecule has 0 N–H and O–H groups in total. The summed E-state index contributed by atoms with van der Waals surface area (Å²) in [7, 11) is 0. The topological polar surface area (TPSA) is 27.0 Å². The second kappa shape index (κ2) is 7.02. The van der Waals surface area contributed by atoms with Gasteiger partial charge in [-0.25, -0.2) is 0 Å². The molecule has 0 spiro atoms. The van der Waals surface area contributed by atoms with Gasteiger partial charge >= 0.3 is 0 Å². The van der Waals surface area contributed by atoms with E-state index >= 15 is 0 Å². The number of rotatable bonds is 5. The van der Waals surface area contributed by atoms with Crippen LogP contribution in [0.2, 0.25) is 0 Å². The van der Waals surface area contributed by atoms with Crippen LogP contribution in [-0.2, 0) is 0 Å². The summed E-state index contributed by atoms with van der Waals surface area (Å²) in [5, 5.41) is 8.90. The lowest BCUT2D eigenvalue weighted by molar-refractivity contribution is 0.260. The van der Waals surface area contributed by atoms with Gasteiger partial charge in [-0.15, -0.1) is 0 Å². The molecule has 2 nitrogen and oxygen atoms in total. The van der Waals surface area contributed by atoms with E-state index in [0.29, 0.717) is 5.56 Å². The summed E-state index contributed by atoms with van der Waals surface area (Å²) in [6, 6.07) is 19.9. The lowest BCUT2D eigenvalue weighted by Crippen LogP contribution is -2.28. The molecule has 0 aromatic heterocycles. The predicted octanol–water partition coefficient (Wildman–Crippen LogP) is 5.20. The SMILES string of the molecule is C[C@H]1CCCN1CCC1C[C@H]1c1ccc(-c2ccc(C#N)cc2)cc1. The Hall–Kier alpha value is -2.11. The minimum atomic E-state index is 0.716. The van der Waals surface area contributed by atoms with Gasteiger partial charge in [-0.1, -0.05) is 36.4 Å². The van der Waals surface area contributed by atoms with Gasteiger partial charge in [0.1, 0.15) is 0 Å². The minimum Gasteiger partial charge on any atom is -0.301 e. The van der Waals surface area contributed by atoms with Gasteiger partial charge in [0.2, 0.25) is 0 Å². The Morgan fingerprint density at radius 3 is 2.32 bits per heavy atom.